The van der Waals surface area contributed by atoms with E-state index in [1.54, 1.807) is 0 Å². The molecule has 0 aromatic carbocycles. The molecule has 136 valence electrons. The highest BCUT2D eigenvalue weighted by Gasteiger charge is 2.35. The summed E-state index contributed by atoms with van der Waals surface area (Å²) in [6.07, 6.45) is 9.44. The van der Waals surface area contributed by atoms with Crippen LogP contribution >= 0.6 is 15.9 Å². The molecule has 1 N–H and O–H groups in total. The second-order valence-electron chi connectivity index (χ2n) is 9.43. The molecule has 2 nitrogen and oxygen atoms in total. The molecular formula is C21H35BrN2. The fourth-order valence-electron chi connectivity index (χ4n) is 4.54. The minimum atomic E-state index is 0.414. The number of nitrogens with zero attached hydrogens (tertiary/aromatic N) is 1. The van der Waals surface area contributed by atoms with Crippen molar-refractivity contribution in [2.45, 2.75) is 86.1 Å². The zero-order valence-electron chi connectivity index (χ0n) is 16.4. The van der Waals surface area contributed by atoms with E-state index in [0.717, 1.165) is 22.5 Å². The van der Waals surface area contributed by atoms with E-state index in [1.807, 2.05) is 6.20 Å². The minimum absolute atomic E-state index is 0.414. The van der Waals surface area contributed by atoms with Gasteiger partial charge in [-0.3, -0.25) is 4.98 Å². The van der Waals surface area contributed by atoms with Crippen LogP contribution in [0.3, 0.4) is 0 Å². The Balaban J connectivity index is 1.93. The van der Waals surface area contributed by atoms with Gasteiger partial charge in [0.05, 0.1) is 10.2 Å². The molecule has 1 heterocycles. The van der Waals surface area contributed by atoms with Crippen LogP contribution in [0.25, 0.3) is 0 Å². The quantitative estimate of drug-likeness (QED) is 0.590. The molecule has 2 rings (SSSR count). The molecule has 0 atom stereocenters. The molecule has 0 amide bonds. The van der Waals surface area contributed by atoms with Crippen molar-refractivity contribution in [2.75, 3.05) is 5.32 Å². The largest absolute Gasteiger partial charge is 0.381 e. The molecule has 1 aliphatic rings. The topological polar surface area (TPSA) is 24.9 Å². The van der Waals surface area contributed by atoms with Crippen molar-refractivity contribution in [3.05, 3.63) is 22.4 Å². The first kappa shape index (κ1) is 19.8. The van der Waals surface area contributed by atoms with Crippen molar-refractivity contribution in [3.8, 4) is 0 Å². The number of pyridine rings is 1. The van der Waals surface area contributed by atoms with Crippen LogP contribution in [0.2, 0.25) is 0 Å². The maximum atomic E-state index is 4.44. The van der Waals surface area contributed by atoms with E-state index in [1.165, 1.54) is 37.8 Å². The van der Waals surface area contributed by atoms with Gasteiger partial charge in [0.2, 0.25) is 0 Å². The van der Waals surface area contributed by atoms with Crippen molar-refractivity contribution in [2.24, 2.45) is 16.7 Å². The fourth-order valence-corrected chi connectivity index (χ4v) is 4.87. The van der Waals surface area contributed by atoms with E-state index >= 15 is 0 Å². The summed E-state index contributed by atoms with van der Waals surface area (Å²) < 4.78 is 1.08. The van der Waals surface area contributed by atoms with Gasteiger partial charge in [0.1, 0.15) is 0 Å². The number of hydrogen-bond acceptors (Lipinski definition) is 2. The van der Waals surface area contributed by atoms with Crippen LogP contribution in [-0.2, 0) is 6.42 Å². The summed E-state index contributed by atoms with van der Waals surface area (Å²) in [5.74, 6) is 0.849. The van der Waals surface area contributed by atoms with E-state index in [0.29, 0.717) is 16.9 Å². The zero-order chi connectivity index (χ0) is 18.0. The van der Waals surface area contributed by atoms with Gasteiger partial charge >= 0.3 is 0 Å². The van der Waals surface area contributed by atoms with E-state index in [-0.39, 0.29) is 0 Å². The van der Waals surface area contributed by atoms with Crippen LogP contribution in [0, 0.1) is 16.7 Å². The molecule has 1 aromatic rings. The Kier molecular flexibility index (Phi) is 6.39. The first-order valence-corrected chi connectivity index (χ1v) is 10.3. The van der Waals surface area contributed by atoms with E-state index in [4.69, 9.17) is 0 Å². The van der Waals surface area contributed by atoms with Gasteiger partial charge in [-0.1, -0.05) is 41.5 Å². The van der Waals surface area contributed by atoms with E-state index in [2.05, 4.69) is 73.8 Å². The van der Waals surface area contributed by atoms with Crippen LogP contribution in [0.4, 0.5) is 5.69 Å². The van der Waals surface area contributed by atoms with Crippen molar-refractivity contribution < 1.29 is 0 Å². The summed E-state index contributed by atoms with van der Waals surface area (Å²) >= 11 is 3.64. The fraction of sp³-hybridized carbons (Fsp3) is 0.762. The van der Waals surface area contributed by atoms with Crippen LogP contribution in [0.15, 0.2) is 16.7 Å². The lowest BCUT2D eigenvalue weighted by Crippen LogP contribution is -2.35. The van der Waals surface area contributed by atoms with Gasteiger partial charge in [-0.25, -0.2) is 0 Å². The Bertz CT molecular complexity index is 537. The van der Waals surface area contributed by atoms with Gasteiger partial charge < -0.3 is 5.32 Å². The van der Waals surface area contributed by atoms with Crippen molar-refractivity contribution in [1.29, 1.82) is 0 Å². The van der Waals surface area contributed by atoms with Gasteiger partial charge in [-0.2, -0.15) is 0 Å². The SMILES string of the molecule is CCc1cc(NC2CCC(C(C)(C)CC(C)(C)C)CC2)c(Br)cn1. The average molecular weight is 395 g/mol. The molecule has 0 bridgehead atoms. The second-order valence-corrected chi connectivity index (χ2v) is 10.3. The predicted octanol–water partition coefficient (Wildman–Crippen LogP) is 6.84. The number of aryl methyl sites for hydroxylation is 1. The van der Waals surface area contributed by atoms with Gasteiger partial charge in [0.15, 0.2) is 0 Å². The Hall–Kier alpha value is -0.570. The molecule has 3 heteroatoms. The maximum Gasteiger partial charge on any atom is 0.0590 e. The number of rotatable bonds is 5. The minimum Gasteiger partial charge on any atom is -0.381 e. The van der Waals surface area contributed by atoms with Gasteiger partial charge in [0.25, 0.3) is 0 Å². The van der Waals surface area contributed by atoms with E-state index in [9.17, 15) is 0 Å². The van der Waals surface area contributed by atoms with E-state index < -0.39 is 0 Å². The first-order chi connectivity index (χ1) is 11.1. The molecule has 0 spiro atoms. The summed E-state index contributed by atoms with van der Waals surface area (Å²) in [5.41, 5.74) is 3.22. The maximum absolute atomic E-state index is 4.44. The normalized spacial score (nSPS) is 22.5. The summed E-state index contributed by atoms with van der Waals surface area (Å²) in [7, 11) is 0. The standard InChI is InChI=1S/C21H35BrN2/c1-7-16-12-19(18(22)13-23-16)24-17-10-8-15(9-11-17)21(5,6)14-20(2,3)4/h12-13,15,17H,7-11,14H2,1-6H3,(H,23,24). The van der Waals surface area contributed by atoms with Crippen LogP contribution in [0.5, 0.6) is 0 Å². The molecule has 24 heavy (non-hydrogen) atoms. The lowest BCUT2D eigenvalue weighted by atomic mass is 9.64. The molecule has 0 saturated heterocycles. The number of hydrogen-bond donors (Lipinski definition) is 1. The van der Waals surface area contributed by atoms with Crippen molar-refractivity contribution in [3.63, 3.8) is 0 Å². The lowest BCUT2D eigenvalue weighted by Gasteiger charge is -2.43. The predicted molar refractivity (Wildman–Crippen MR) is 109 cm³/mol. The highest BCUT2D eigenvalue weighted by molar-refractivity contribution is 9.10. The summed E-state index contributed by atoms with van der Waals surface area (Å²) in [4.78, 5) is 4.44. The van der Waals surface area contributed by atoms with Crippen LogP contribution in [0.1, 0.15) is 79.3 Å². The zero-order valence-corrected chi connectivity index (χ0v) is 18.0. The number of aromatic nitrogens is 1. The molecule has 0 aliphatic heterocycles. The highest BCUT2D eigenvalue weighted by atomic mass is 79.9. The van der Waals surface area contributed by atoms with Gasteiger partial charge in [-0.05, 0) is 77.3 Å². The Morgan fingerprint density at radius 1 is 1.12 bits per heavy atom. The van der Waals surface area contributed by atoms with Crippen LogP contribution < -0.4 is 5.32 Å². The smallest absolute Gasteiger partial charge is 0.0590 e. The third-order valence-electron chi connectivity index (χ3n) is 5.45. The number of anilines is 1. The van der Waals surface area contributed by atoms with Gasteiger partial charge in [-0.15, -0.1) is 0 Å². The molecule has 1 saturated carbocycles. The third kappa shape index (κ3) is 5.47. The molecule has 0 radical (unpaired) electrons. The molecule has 1 fully saturated rings. The first-order valence-electron chi connectivity index (χ1n) is 9.51. The Labute approximate surface area is 157 Å². The lowest BCUT2D eigenvalue weighted by molar-refractivity contribution is 0.0968. The third-order valence-corrected chi connectivity index (χ3v) is 6.08. The molecular weight excluding hydrogens is 360 g/mol. The van der Waals surface area contributed by atoms with Crippen molar-refractivity contribution in [1.82, 2.24) is 4.98 Å². The molecule has 1 aliphatic carbocycles. The molecule has 1 aromatic heterocycles. The van der Waals surface area contributed by atoms with Gasteiger partial charge in [0, 0.05) is 17.9 Å². The Morgan fingerprint density at radius 2 is 1.75 bits per heavy atom. The summed E-state index contributed by atoms with van der Waals surface area (Å²) in [5, 5.41) is 3.76. The summed E-state index contributed by atoms with van der Waals surface area (Å²) in [6, 6.07) is 2.79. The molecule has 0 unspecified atom stereocenters. The number of halogens is 1. The monoisotopic (exact) mass is 394 g/mol. The van der Waals surface area contributed by atoms with Crippen LogP contribution in [-0.4, -0.2) is 11.0 Å². The van der Waals surface area contributed by atoms with Crippen molar-refractivity contribution >= 4 is 21.6 Å². The average Bonchev–Trinajstić information content (AvgIpc) is 2.47. The number of nitrogens with one attached hydrogen (secondary N) is 1. The second kappa shape index (κ2) is 7.76. The summed E-state index contributed by atoms with van der Waals surface area (Å²) in [6.45, 7) is 14.2. The highest BCUT2D eigenvalue weighted by Crippen LogP contribution is 2.45. The Morgan fingerprint density at radius 3 is 2.29 bits per heavy atom.